The van der Waals surface area contributed by atoms with Crippen molar-refractivity contribution in [2.75, 3.05) is 24.2 Å². The molecular formula is C21H26N2O5S2. The van der Waals surface area contributed by atoms with Gasteiger partial charge in [0.1, 0.15) is 5.75 Å². The Bertz CT molecular complexity index is 1070. The average Bonchev–Trinajstić information content (AvgIpc) is 2.68. The van der Waals surface area contributed by atoms with Crippen LogP contribution in [0.25, 0.3) is 0 Å². The van der Waals surface area contributed by atoms with Crippen LogP contribution in [-0.2, 0) is 30.4 Å². The number of anilines is 1. The third kappa shape index (κ3) is 5.90. The monoisotopic (exact) mass is 450 g/mol. The van der Waals surface area contributed by atoms with Crippen LogP contribution in [0.5, 0.6) is 0 Å². The first-order valence-corrected chi connectivity index (χ1v) is 13.1. The number of hydrogen-bond donors (Lipinski definition) is 1. The number of benzene rings is 2. The van der Waals surface area contributed by atoms with E-state index in [4.69, 9.17) is 0 Å². The zero-order valence-electron chi connectivity index (χ0n) is 16.8. The first-order chi connectivity index (χ1) is 14.2. The maximum absolute atomic E-state index is 12.7. The number of sulfonamides is 1. The van der Waals surface area contributed by atoms with Crippen molar-refractivity contribution >= 4 is 31.5 Å². The number of hydrogen-bond acceptors (Lipinski definition) is 5. The molecule has 1 saturated heterocycles. The van der Waals surface area contributed by atoms with Crippen molar-refractivity contribution in [2.24, 2.45) is 5.92 Å². The van der Waals surface area contributed by atoms with Crippen molar-refractivity contribution < 1.29 is 21.6 Å². The van der Waals surface area contributed by atoms with Crippen LogP contribution in [0.2, 0.25) is 0 Å². The van der Waals surface area contributed by atoms with Crippen molar-refractivity contribution in [1.29, 1.82) is 0 Å². The molecule has 7 nitrogen and oxygen atoms in total. The minimum atomic E-state index is -3.62. The summed E-state index contributed by atoms with van der Waals surface area (Å²) >= 11 is 0. The van der Waals surface area contributed by atoms with Crippen molar-refractivity contribution in [3.63, 3.8) is 0 Å². The first kappa shape index (κ1) is 22.5. The number of rotatable bonds is 7. The minimum absolute atomic E-state index is 0.159. The molecule has 30 heavy (non-hydrogen) atoms. The first-order valence-electron chi connectivity index (χ1n) is 9.80. The fraction of sp³-hybridized carbons (Fsp3) is 0.381. The van der Waals surface area contributed by atoms with Crippen molar-refractivity contribution in [2.45, 2.75) is 30.4 Å². The molecule has 162 valence electrons. The number of sulfone groups is 1. The fourth-order valence-electron chi connectivity index (χ4n) is 3.36. The highest BCUT2D eigenvalue weighted by Crippen LogP contribution is 2.24. The number of amides is 1. The molecule has 3 rings (SSSR count). The number of carbonyl (C=O) groups excluding carboxylic acids is 1. The molecular weight excluding hydrogens is 424 g/mol. The van der Waals surface area contributed by atoms with Gasteiger partial charge in [-0.15, -0.1) is 0 Å². The molecule has 0 radical (unpaired) electrons. The van der Waals surface area contributed by atoms with E-state index in [9.17, 15) is 21.6 Å². The van der Waals surface area contributed by atoms with Gasteiger partial charge < -0.3 is 5.32 Å². The van der Waals surface area contributed by atoms with E-state index in [0.29, 0.717) is 30.3 Å². The van der Waals surface area contributed by atoms with E-state index in [1.54, 1.807) is 30.3 Å². The topological polar surface area (TPSA) is 101 Å². The standard InChI is InChI=1S/C21H26N2O5S2/c1-17-11-13-23(14-12-17)30(27,28)20-9-7-19(8-10-20)22-21(24)16-29(25,26)15-18-5-3-2-4-6-18/h2-10,17H,11-16H2,1H3,(H,22,24). The van der Waals surface area contributed by atoms with E-state index in [-0.39, 0.29) is 10.6 Å². The SMILES string of the molecule is CC1CCN(S(=O)(=O)c2ccc(NC(=O)CS(=O)(=O)Cc3ccccc3)cc2)CC1. The van der Waals surface area contributed by atoms with Gasteiger partial charge in [0.05, 0.1) is 10.6 Å². The van der Waals surface area contributed by atoms with E-state index < -0.39 is 31.5 Å². The lowest BCUT2D eigenvalue weighted by Crippen LogP contribution is -2.37. The molecule has 2 aromatic rings. The van der Waals surface area contributed by atoms with Gasteiger partial charge in [-0.05, 0) is 48.6 Å². The van der Waals surface area contributed by atoms with Crippen LogP contribution < -0.4 is 5.32 Å². The van der Waals surface area contributed by atoms with Gasteiger partial charge in [0.25, 0.3) is 0 Å². The van der Waals surface area contributed by atoms with Crippen LogP contribution in [0.3, 0.4) is 0 Å². The summed E-state index contributed by atoms with van der Waals surface area (Å²) in [7, 11) is -7.19. The summed E-state index contributed by atoms with van der Waals surface area (Å²) in [6.45, 7) is 3.12. The Labute approximate surface area is 178 Å². The van der Waals surface area contributed by atoms with Crippen LogP contribution >= 0.6 is 0 Å². The molecule has 1 fully saturated rings. The predicted octanol–water partition coefficient (Wildman–Crippen LogP) is 2.66. The van der Waals surface area contributed by atoms with Gasteiger partial charge in [-0.1, -0.05) is 37.3 Å². The van der Waals surface area contributed by atoms with E-state index in [1.807, 2.05) is 0 Å². The Morgan fingerprint density at radius 1 is 0.967 bits per heavy atom. The highest BCUT2D eigenvalue weighted by Gasteiger charge is 2.28. The Hall–Kier alpha value is -2.23. The van der Waals surface area contributed by atoms with Crippen LogP contribution in [0.15, 0.2) is 59.5 Å². The molecule has 1 aliphatic heterocycles. The summed E-state index contributed by atoms with van der Waals surface area (Å²) in [6, 6.07) is 14.5. The zero-order valence-corrected chi connectivity index (χ0v) is 18.5. The van der Waals surface area contributed by atoms with E-state index in [0.717, 1.165) is 12.8 Å². The summed E-state index contributed by atoms with van der Waals surface area (Å²) in [4.78, 5) is 12.3. The minimum Gasteiger partial charge on any atom is -0.325 e. The van der Waals surface area contributed by atoms with Crippen LogP contribution in [-0.4, -0.2) is 45.9 Å². The summed E-state index contributed by atoms with van der Waals surface area (Å²) in [6.07, 6.45) is 1.68. The molecule has 1 aliphatic rings. The predicted molar refractivity (Wildman–Crippen MR) is 116 cm³/mol. The molecule has 1 N–H and O–H groups in total. The molecule has 0 aromatic heterocycles. The maximum Gasteiger partial charge on any atom is 0.243 e. The smallest absolute Gasteiger partial charge is 0.243 e. The van der Waals surface area contributed by atoms with Gasteiger partial charge in [-0.25, -0.2) is 16.8 Å². The Balaban J connectivity index is 1.60. The quantitative estimate of drug-likeness (QED) is 0.699. The molecule has 0 atom stereocenters. The van der Waals surface area contributed by atoms with Gasteiger partial charge in [0.15, 0.2) is 9.84 Å². The van der Waals surface area contributed by atoms with Gasteiger partial charge in [0.2, 0.25) is 15.9 Å². The molecule has 0 spiro atoms. The molecule has 0 saturated carbocycles. The average molecular weight is 451 g/mol. The lowest BCUT2D eigenvalue weighted by Gasteiger charge is -2.29. The summed E-state index contributed by atoms with van der Waals surface area (Å²) in [5.41, 5.74) is 0.966. The Morgan fingerprint density at radius 3 is 2.17 bits per heavy atom. The van der Waals surface area contributed by atoms with Crippen molar-refractivity contribution in [1.82, 2.24) is 4.31 Å². The number of nitrogens with zero attached hydrogens (tertiary/aromatic N) is 1. The van der Waals surface area contributed by atoms with Crippen LogP contribution in [0, 0.1) is 5.92 Å². The van der Waals surface area contributed by atoms with Crippen molar-refractivity contribution in [3.8, 4) is 0 Å². The lowest BCUT2D eigenvalue weighted by atomic mass is 10.0. The fourth-order valence-corrected chi connectivity index (χ4v) is 6.10. The summed E-state index contributed by atoms with van der Waals surface area (Å²) in [5.74, 6) is -1.00. The van der Waals surface area contributed by atoms with Crippen LogP contribution in [0.4, 0.5) is 5.69 Å². The normalized spacial score (nSPS) is 16.3. The maximum atomic E-state index is 12.7. The van der Waals surface area contributed by atoms with Crippen LogP contribution in [0.1, 0.15) is 25.3 Å². The third-order valence-electron chi connectivity index (χ3n) is 5.10. The van der Waals surface area contributed by atoms with Gasteiger partial charge in [-0.3, -0.25) is 4.79 Å². The van der Waals surface area contributed by atoms with Gasteiger partial charge >= 0.3 is 0 Å². The zero-order chi connectivity index (χ0) is 21.8. The molecule has 2 aromatic carbocycles. The van der Waals surface area contributed by atoms with Crippen molar-refractivity contribution in [3.05, 3.63) is 60.2 Å². The summed E-state index contributed by atoms with van der Waals surface area (Å²) < 4.78 is 51.5. The summed E-state index contributed by atoms with van der Waals surface area (Å²) in [5, 5.41) is 2.52. The molecule has 0 bridgehead atoms. The Morgan fingerprint density at radius 2 is 1.57 bits per heavy atom. The highest BCUT2D eigenvalue weighted by atomic mass is 32.2. The molecule has 1 heterocycles. The third-order valence-corrected chi connectivity index (χ3v) is 8.49. The van der Waals surface area contributed by atoms with E-state index in [1.165, 1.54) is 28.6 Å². The molecule has 0 unspecified atom stereocenters. The van der Waals surface area contributed by atoms with E-state index in [2.05, 4.69) is 12.2 Å². The Kier molecular flexibility index (Phi) is 6.95. The molecule has 9 heteroatoms. The second kappa shape index (κ2) is 9.28. The largest absolute Gasteiger partial charge is 0.325 e. The number of carbonyl (C=O) groups is 1. The van der Waals surface area contributed by atoms with E-state index >= 15 is 0 Å². The highest BCUT2D eigenvalue weighted by molar-refractivity contribution is 7.91. The lowest BCUT2D eigenvalue weighted by molar-refractivity contribution is -0.113. The number of nitrogens with one attached hydrogen (secondary N) is 1. The van der Waals surface area contributed by atoms with Gasteiger partial charge in [0, 0.05) is 18.8 Å². The second-order valence-electron chi connectivity index (χ2n) is 7.68. The second-order valence-corrected chi connectivity index (χ2v) is 11.7. The molecule has 0 aliphatic carbocycles. The molecule has 1 amide bonds. The van der Waals surface area contributed by atoms with Gasteiger partial charge in [-0.2, -0.15) is 4.31 Å². The number of piperidine rings is 1.